The summed E-state index contributed by atoms with van der Waals surface area (Å²) >= 11 is 5.58. The normalized spacial score (nSPS) is 11.2. The van der Waals surface area contributed by atoms with Crippen molar-refractivity contribution >= 4 is 46.3 Å². The summed E-state index contributed by atoms with van der Waals surface area (Å²) in [4.78, 5) is 15.3. The fourth-order valence-corrected chi connectivity index (χ4v) is 5.91. The zero-order valence-electron chi connectivity index (χ0n) is 16.3. The third-order valence-electron chi connectivity index (χ3n) is 4.53. The molecule has 3 nitrogen and oxygen atoms in total. The van der Waals surface area contributed by atoms with Gasteiger partial charge in [-0.05, 0) is 60.7 Å². The molecule has 0 saturated heterocycles. The number of aromatic amines is 1. The van der Waals surface area contributed by atoms with E-state index in [0.717, 1.165) is 39.1 Å². The number of aromatic nitrogens is 3. The molecule has 0 unspecified atom stereocenters. The molecule has 4 rings (SSSR count). The first-order valence-electron chi connectivity index (χ1n) is 9.62. The number of hydrogen-bond donors (Lipinski definition) is 1. The van der Waals surface area contributed by atoms with Gasteiger partial charge < -0.3 is 4.98 Å². The number of nitrogens with zero attached hydrogens (tertiary/aromatic N) is 2. The molecule has 1 N–H and O–H groups in total. The Labute approximate surface area is 184 Å². The average molecular weight is 438 g/mol. The van der Waals surface area contributed by atoms with Crippen LogP contribution >= 0.6 is 35.3 Å². The molecule has 4 aromatic rings. The van der Waals surface area contributed by atoms with E-state index in [9.17, 15) is 0 Å². The van der Waals surface area contributed by atoms with Gasteiger partial charge in [0.25, 0.3) is 0 Å². The highest BCUT2D eigenvalue weighted by Gasteiger charge is 2.09. The van der Waals surface area contributed by atoms with Crippen LogP contribution in [0.25, 0.3) is 11.0 Å². The third kappa shape index (κ3) is 5.59. The Morgan fingerprint density at radius 1 is 0.862 bits per heavy atom. The van der Waals surface area contributed by atoms with Crippen molar-refractivity contribution in [2.75, 3.05) is 11.5 Å². The van der Waals surface area contributed by atoms with Gasteiger partial charge in [0.2, 0.25) is 0 Å². The van der Waals surface area contributed by atoms with Crippen molar-refractivity contribution in [3.63, 3.8) is 0 Å². The summed E-state index contributed by atoms with van der Waals surface area (Å²) in [5, 5.41) is 0.948. The van der Waals surface area contributed by atoms with Gasteiger partial charge in [0.1, 0.15) is 0 Å². The molecule has 29 heavy (non-hydrogen) atoms. The van der Waals surface area contributed by atoms with E-state index in [0.29, 0.717) is 0 Å². The van der Waals surface area contributed by atoms with Crippen molar-refractivity contribution in [2.24, 2.45) is 0 Å². The Kier molecular flexibility index (Phi) is 7.19. The minimum Gasteiger partial charge on any atom is -0.333 e. The second-order valence-electron chi connectivity index (χ2n) is 6.59. The molecule has 0 spiro atoms. The topological polar surface area (TPSA) is 41.6 Å². The number of para-hydroxylation sites is 2. The summed E-state index contributed by atoms with van der Waals surface area (Å²) < 4.78 is 0. The van der Waals surface area contributed by atoms with E-state index in [-0.39, 0.29) is 0 Å². The summed E-state index contributed by atoms with van der Waals surface area (Å²) in [6.07, 6.45) is 3.12. The molecule has 0 bridgehead atoms. The summed E-state index contributed by atoms with van der Waals surface area (Å²) in [5.74, 6) is 3.10. The van der Waals surface area contributed by atoms with E-state index in [1.165, 1.54) is 21.8 Å². The van der Waals surface area contributed by atoms with Gasteiger partial charge in [0, 0.05) is 21.7 Å². The predicted molar refractivity (Wildman–Crippen MR) is 127 cm³/mol. The summed E-state index contributed by atoms with van der Waals surface area (Å²) in [5.41, 5.74) is 4.52. The van der Waals surface area contributed by atoms with E-state index < -0.39 is 0 Å². The predicted octanol–water partition coefficient (Wildman–Crippen LogP) is 6.83. The van der Waals surface area contributed by atoms with Crippen molar-refractivity contribution in [3.8, 4) is 0 Å². The van der Waals surface area contributed by atoms with Crippen molar-refractivity contribution in [3.05, 3.63) is 78.1 Å². The number of H-pyrrole nitrogens is 1. The van der Waals surface area contributed by atoms with E-state index in [1.807, 2.05) is 47.9 Å². The second kappa shape index (κ2) is 10.2. The van der Waals surface area contributed by atoms with Gasteiger partial charge in [-0.15, -0.1) is 23.5 Å². The largest absolute Gasteiger partial charge is 0.333 e. The van der Waals surface area contributed by atoms with Gasteiger partial charge >= 0.3 is 0 Å². The minimum absolute atomic E-state index is 0.823. The zero-order valence-corrected chi connectivity index (χ0v) is 18.7. The van der Waals surface area contributed by atoms with Gasteiger partial charge in [0.15, 0.2) is 5.16 Å². The number of benzene rings is 2. The van der Waals surface area contributed by atoms with Gasteiger partial charge in [0.05, 0.1) is 16.7 Å². The monoisotopic (exact) mass is 437 g/mol. The first kappa shape index (κ1) is 20.4. The first-order chi connectivity index (χ1) is 14.3. The first-order valence-corrected chi connectivity index (χ1v) is 12.6. The number of fused-ring (bicyclic) bond motifs is 1. The van der Waals surface area contributed by atoms with Crippen LogP contribution in [0.4, 0.5) is 0 Å². The highest BCUT2D eigenvalue weighted by atomic mass is 32.2. The number of nitrogens with one attached hydrogen (secondary N) is 1. The van der Waals surface area contributed by atoms with Crippen molar-refractivity contribution in [2.45, 2.75) is 34.0 Å². The number of hydrogen-bond acceptors (Lipinski definition) is 5. The lowest BCUT2D eigenvalue weighted by Gasteiger charge is -2.09. The highest BCUT2D eigenvalue weighted by Crippen LogP contribution is 2.29. The van der Waals surface area contributed by atoms with Crippen molar-refractivity contribution in [1.82, 2.24) is 15.0 Å². The maximum Gasteiger partial charge on any atom is 0.166 e. The van der Waals surface area contributed by atoms with Gasteiger partial charge in [-0.2, -0.15) is 0 Å². The summed E-state index contributed by atoms with van der Waals surface area (Å²) in [6, 6.07) is 20.9. The average Bonchev–Trinajstić information content (AvgIpc) is 3.17. The molecule has 0 fully saturated rings. The Morgan fingerprint density at radius 3 is 2.52 bits per heavy atom. The molecular weight excluding hydrogens is 414 g/mol. The lowest BCUT2D eigenvalue weighted by molar-refractivity contribution is 1.05. The molecular formula is C23H23N3S3. The zero-order chi connectivity index (χ0) is 19.9. The van der Waals surface area contributed by atoms with Crippen LogP contribution in [0, 0.1) is 6.92 Å². The molecule has 0 radical (unpaired) electrons. The highest BCUT2D eigenvalue weighted by molar-refractivity contribution is 8.00. The molecule has 2 aromatic heterocycles. The fourth-order valence-electron chi connectivity index (χ4n) is 2.94. The maximum atomic E-state index is 4.65. The third-order valence-corrected chi connectivity index (χ3v) is 7.76. The van der Waals surface area contributed by atoms with Crippen molar-refractivity contribution in [1.29, 1.82) is 0 Å². The van der Waals surface area contributed by atoms with Crippen LogP contribution in [-0.2, 0) is 5.75 Å². The van der Waals surface area contributed by atoms with Crippen LogP contribution < -0.4 is 0 Å². The van der Waals surface area contributed by atoms with Crippen LogP contribution in [-0.4, -0.2) is 26.5 Å². The summed E-state index contributed by atoms with van der Waals surface area (Å²) in [7, 11) is 0. The molecule has 6 heteroatoms. The number of thioether (sulfide) groups is 3. The quantitative estimate of drug-likeness (QED) is 0.229. The molecule has 0 aliphatic carbocycles. The standard InChI is InChI=1S/C23H23N3S3/c1-17-21(16-29-23-25-19-10-5-6-11-20(19)26-23)24-13-12-22(17)28-15-7-14-27-18-8-3-2-4-9-18/h2-6,8-13H,7,14-16H2,1H3,(H,25,26). The lowest BCUT2D eigenvalue weighted by Crippen LogP contribution is -1.95. The van der Waals surface area contributed by atoms with Gasteiger partial charge in [-0.1, -0.05) is 42.1 Å². The Morgan fingerprint density at radius 2 is 1.66 bits per heavy atom. The molecule has 0 amide bonds. The van der Waals surface area contributed by atoms with Gasteiger partial charge in [-0.25, -0.2) is 4.98 Å². The molecule has 0 saturated carbocycles. The molecule has 148 valence electrons. The van der Waals surface area contributed by atoms with Crippen LogP contribution in [0.2, 0.25) is 0 Å². The van der Waals surface area contributed by atoms with Crippen LogP contribution in [0.15, 0.2) is 81.8 Å². The Balaban J connectivity index is 1.28. The number of pyridine rings is 1. The van der Waals surface area contributed by atoms with Crippen LogP contribution in [0.1, 0.15) is 17.7 Å². The van der Waals surface area contributed by atoms with E-state index in [1.54, 1.807) is 11.8 Å². The molecule has 2 aromatic carbocycles. The molecule has 2 heterocycles. The van der Waals surface area contributed by atoms with Crippen LogP contribution in [0.3, 0.4) is 0 Å². The van der Waals surface area contributed by atoms with E-state index >= 15 is 0 Å². The van der Waals surface area contributed by atoms with Crippen molar-refractivity contribution < 1.29 is 0 Å². The maximum absolute atomic E-state index is 4.65. The minimum atomic E-state index is 0.823. The summed E-state index contributed by atoms with van der Waals surface area (Å²) in [6.45, 7) is 2.18. The Bertz CT molecular complexity index is 1030. The smallest absolute Gasteiger partial charge is 0.166 e. The van der Waals surface area contributed by atoms with E-state index in [2.05, 4.69) is 64.3 Å². The SMILES string of the molecule is Cc1c(SCCCSc2ccccc2)ccnc1CSc1nc2ccccc2[nH]1. The number of imidazole rings is 1. The second-order valence-corrected chi connectivity index (χ2v) is 9.86. The van der Waals surface area contributed by atoms with E-state index in [4.69, 9.17) is 0 Å². The van der Waals surface area contributed by atoms with Gasteiger partial charge in [-0.3, -0.25) is 4.98 Å². The lowest BCUT2D eigenvalue weighted by atomic mass is 10.2. The molecule has 0 aliphatic rings. The fraction of sp³-hybridized carbons (Fsp3) is 0.217. The Hall–Kier alpha value is -1.89. The number of rotatable bonds is 9. The van der Waals surface area contributed by atoms with Crippen LogP contribution in [0.5, 0.6) is 0 Å². The molecule has 0 aliphatic heterocycles. The molecule has 0 atom stereocenters.